The van der Waals surface area contributed by atoms with Crippen LogP contribution < -0.4 is 0 Å². The third-order valence-corrected chi connectivity index (χ3v) is 7.84. The van der Waals surface area contributed by atoms with Crippen LogP contribution in [-0.4, -0.2) is 6.67 Å². The van der Waals surface area contributed by atoms with Gasteiger partial charge in [-0.05, 0) is 112 Å². The minimum absolute atomic E-state index is 0.186. The molecule has 2 saturated carbocycles. The second kappa shape index (κ2) is 12.8. The van der Waals surface area contributed by atoms with Crippen LogP contribution in [0.4, 0.5) is 17.6 Å². The van der Waals surface area contributed by atoms with Gasteiger partial charge in [-0.15, -0.1) is 0 Å². The lowest BCUT2D eigenvalue weighted by atomic mass is 9.74. The molecule has 0 bridgehead atoms. The van der Waals surface area contributed by atoms with E-state index in [0.717, 1.165) is 55.4 Å². The fourth-order valence-corrected chi connectivity index (χ4v) is 5.69. The lowest BCUT2D eigenvalue weighted by molar-refractivity contribution is -0.137. The van der Waals surface area contributed by atoms with Gasteiger partial charge in [-0.3, -0.25) is 4.39 Å². The van der Waals surface area contributed by atoms with Gasteiger partial charge in [-0.2, -0.15) is 13.2 Å². The summed E-state index contributed by atoms with van der Waals surface area (Å²) in [5, 5.41) is 0. The molecular weight excluding hydrogens is 412 g/mol. The quantitative estimate of drug-likeness (QED) is 0.188. The van der Waals surface area contributed by atoms with Crippen LogP contribution in [0.2, 0.25) is 0 Å². The summed E-state index contributed by atoms with van der Waals surface area (Å²) < 4.78 is 50.4. The normalized spacial score (nSPS) is 27.1. The fourth-order valence-electron chi connectivity index (χ4n) is 5.69. The van der Waals surface area contributed by atoms with Crippen molar-refractivity contribution < 1.29 is 17.6 Å². The maximum Gasteiger partial charge on any atom is 0.416 e. The van der Waals surface area contributed by atoms with Gasteiger partial charge in [0.15, 0.2) is 0 Å². The topological polar surface area (TPSA) is 0 Å². The van der Waals surface area contributed by atoms with Gasteiger partial charge in [0.05, 0.1) is 12.2 Å². The third-order valence-electron chi connectivity index (χ3n) is 7.84. The Morgan fingerprint density at radius 3 is 1.91 bits per heavy atom. The van der Waals surface area contributed by atoms with Crippen LogP contribution in [-0.2, 0) is 6.18 Å². The summed E-state index contributed by atoms with van der Waals surface area (Å²) in [6.45, 7) is -0.186. The van der Waals surface area contributed by atoms with Gasteiger partial charge in [0.25, 0.3) is 0 Å². The van der Waals surface area contributed by atoms with E-state index < -0.39 is 11.7 Å². The molecule has 0 saturated heterocycles. The molecular formula is C28H40F4. The van der Waals surface area contributed by atoms with E-state index in [9.17, 15) is 17.6 Å². The van der Waals surface area contributed by atoms with Gasteiger partial charge in [0.2, 0.25) is 0 Å². The van der Waals surface area contributed by atoms with Crippen LogP contribution in [0.3, 0.4) is 0 Å². The van der Waals surface area contributed by atoms with Crippen molar-refractivity contribution in [2.45, 2.75) is 102 Å². The predicted molar refractivity (Wildman–Crippen MR) is 124 cm³/mol. The zero-order valence-corrected chi connectivity index (χ0v) is 19.4. The van der Waals surface area contributed by atoms with Crippen LogP contribution in [0.25, 0.3) is 0 Å². The molecule has 2 aliphatic rings. The number of rotatable bonds is 10. The number of hydrogen-bond acceptors (Lipinski definition) is 0. The zero-order chi connectivity index (χ0) is 22.8. The number of hydrogen-bond donors (Lipinski definition) is 0. The molecule has 0 atom stereocenters. The Labute approximate surface area is 191 Å². The summed E-state index contributed by atoms with van der Waals surface area (Å²) in [5.74, 6) is 2.83. The molecule has 1 aromatic carbocycles. The first-order chi connectivity index (χ1) is 15.5. The van der Waals surface area contributed by atoms with Crippen molar-refractivity contribution in [1.29, 1.82) is 0 Å². The average molecular weight is 453 g/mol. The first-order valence-electron chi connectivity index (χ1n) is 12.9. The first kappa shape index (κ1) is 25.3. The molecule has 0 nitrogen and oxygen atoms in total. The lowest BCUT2D eigenvalue weighted by Crippen LogP contribution is -2.17. The summed E-state index contributed by atoms with van der Waals surface area (Å²) >= 11 is 0. The number of unbranched alkanes of at least 4 members (excludes halogenated alkanes) is 3. The maximum absolute atomic E-state index is 12.8. The highest BCUT2D eigenvalue weighted by Crippen LogP contribution is 2.40. The molecule has 0 unspecified atom stereocenters. The second-order valence-electron chi connectivity index (χ2n) is 10.2. The SMILES string of the molecule is FCCCCC/C=C/[C@H]1CC[C@H](CC[C@H]2CC[C@H](c3ccc(C(F)(F)F)cc3)CC2)CC1. The largest absolute Gasteiger partial charge is 0.416 e. The Morgan fingerprint density at radius 1 is 0.750 bits per heavy atom. The number of benzene rings is 1. The van der Waals surface area contributed by atoms with Crippen molar-refractivity contribution in [3.05, 3.63) is 47.5 Å². The molecule has 180 valence electrons. The molecule has 2 fully saturated rings. The smallest absolute Gasteiger partial charge is 0.251 e. The van der Waals surface area contributed by atoms with E-state index >= 15 is 0 Å². The van der Waals surface area contributed by atoms with E-state index in [1.165, 1.54) is 63.5 Å². The summed E-state index contributed by atoms with van der Waals surface area (Å²) in [4.78, 5) is 0. The van der Waals surface area contributed by atoms with Crippen LogP contribution >= 0.6 is 0 Å². The lowest BCUT2D eigenvalue weighted by Gasteiger charge is -2.31. The third kappa shape index (κ3) is 8.23. The van der Waals surface area contributed by atoms with Crippen LogP contribution in [0.15, 0.2) is 36.4 Å². The monoisotopic (exact) mass is 452 g/mol. The highest BCUT2D eigenvalue weighted by molar-refractivity contribution is 5.27. The molecule has 0 radical (unpaired) electrons. The zero-order valence-electron chi connectivity index (χ0n) is 19.4. The van der Waals surface area contributed by atoms with Crippen LogP contribution in [0.1, 0.15) is 107 Å². The second-order valence-corrected chi connectivity index (χ2v) is 10.2. The standard InChI is InChI=1S/C28H40F4/c29-21-5-3-1-2-4-6-22-7-9-23(10-8-22)11-12-24-13-15-25(16-14-24)26-17-19-27(20-18-26)28(30,31)32/h4,6,17-20,22-25H,1-3,5,7-16,21H2/b6-4+/t22-,23-,24-,25-. The van der Waals surface area contributed by atoms with Gasteiger partial charge in [-0.1, -0.05) is 43.5 Å². The van der Waals surface area contributed by atoms with E-state index in [0.29, 0.717) is 12.3 Å². The van der Waals surface area contributed by atoms with E-state index in [-0.39, 0.29) is 6.67 Å². The minimum Gasteiger partial charge on any atom is -0.251 e. The first-order valence-corrected chi connectivity index (χ1v) is 12.9. The summed E-state index contributed by atoms with van der Waals surface area (Å²) in [5.41, 5.74) is 0.527. The van der Waals surface area contributed by atoms with Gasteiger partial charge in [0.1, 0.15) is 0 Å². The molecule has 1 aromatic rings. The minimum atomic E-state index is -4.25. The summed E-state index contributed by atoms with van der Waals surface area (Å²) in [6, 6.07) is 5.84. The van der Waals surface area contributed by atoms with Gasteiger partial charge in [0, 0.05) is 0 Å². The fraction of sp³-hybridized carbons (Fsp3) is 0.714. The van der Waals surface area contributed by atoms with Crippen molar-refractivity contribution in [3.63, 3.8) is 0 Å². The molecule has 4 heteroatoms. The Balaban J connectivity index is 1.29. The highest BCUT2D eigenvalue weighted by atomic mass is 19.4. The summed E-state index contributed by atoms with van der Waals surface area (Å²) in [6.07, 6.45) is 17.0. The van der Waals surface area contributed by atoms with Crippen molar-refractivity contribution in [1.82, 2.24) is 0 Å². The van der Waals surface area contributed by atoms with Gasteiger partial charge in [-0.25, -0.2) is 0 Å². The van der Waals surface area contributed by atoms with Crippen molar-refractivity contribution >= 4 is 0 Å². The van der Waals surface area contributed by atoms with Crippen LogP contribution in [0.5, 0.6) is 0 Å². The molecule has 0 heterocycles. The van der Waals surface area contributed by atoms with Crippen LogP contribution in [0, 0.1) is 17.8 Å². The van der Waals surface area contributed by atoms with Crippen molar-refractivity contribution in [2.24, 2.45) is 17.8 Å². The molecule has 0 aliphatic heterocycles. The maximum atomic E-state index is 12.8. The Hall–Kier alpha value is -1.32. The Morgan fingerprint density at radius 2 is 1.34 bits per heavy atom. The Kier molecular flexibility index (Phi) is 10.1. The average Bonchev–Trinajstić information content (AvgIpc) is 2.81. The summed E-state index contributed by atoms with van der Waals surface area (Å²) in [7, 11) is 0. The number of halogens is 4. The van der Waals surface area contributed by atoms with E-state index in [1.807, 2.05) is 0 Å². The van der Waals surface area contributed by atoms with Gasteiger partial charge >= 0.3 is 6.18 Å². The van der Waals surface area contributed by atoms with E-state index in [1.54, 1.807) is 12.1 Å². The molecule has 0 spiro atoms. The predicted octanol–water partition coefficient (Wildman–Crippen LogP) is 9.65. The highest BCUT2D eigenvalue weighted by Gasteiger charge is 2.31. The molecule has 0 aromatic heterocycles. The number of alkyl halides is 4. The number of allylic oxidation sites excluding steroid dienone is 2. The molecule has 32 heavy (non-hydrogen) atoms. The van der Waals surface area contributed by atoms with E-state index in [2.05, 4.69) is 12.2 Å². The molecule has 0 amide bonds. The van der Waals surface area contributed by atoms with Crippen molar-refractivity contribution in [2.75, 3.05) is 6.67 Å². The molecule has 3 rings (SSSR count). The Bertz CT molecular complexity index is 660. The van der Waals surface area contributed by atoms with Gasteiger partial charge < -0.3 is 0 Å². The molecule has 0 N–H and O–H groups in total. The van der Waals surface area contributed by atoms with E-state index in [4.69, 9.17) is 0 Å². The van der Waals surface area contributed by atoms with Crippen molar-refractivity contribution in [3.8, 4) is 0 Å². The molecule has 2 aliphatic carbocycles.